The molecule has 1 heterocycles. The summed E-state index contributed by atoms with van der Waals surface area (Å²) in [5.74, 6) is 0.306. The Hall–Kier alpha value is -1.61. The Morgan fingerprint density at radius 3 is 3.11 bits per heavy atom. The molecule has 0 fully saturated rings. The minimum atomic E-state index is 0.136. The van der Waals surface area contributed by atoms with Crippen molar-refractivity contribution >= 4 is 11.6 Å². The SMILES string of the molecule is O=C(Nc1cccc2c1CNCC2)C1CC=CCC1. The van der Waals surface area contributed by atoms with Gasteiger partial charge in [0.1, 0.15) is 0 Å². The molecule has 0 bridgehead atoms. The molecule has 0 saturated carbocycles. The third-order valence-electron chi connectivity index (χ3n) is 4.04. The van der Waals surface area contributed by atoms with E-state index in [-0.39, 0.29) is 11.8 Å². The van der Waals surface area contributed by atoms with E-state index in [1.165, 1.54) is 11.1 Å². The van der Waals surface area contributed by atoms with Crippen molar-refractivity contribution in [1.29, 1.82) is 0 Å². The highest BCUT2D eigenvalue weighted by Gasteiger charge is 2.20. The number of carbonyl (C=O) groups is 1. The molecule has 3 nitrogen and oxygen atoms in total. The summed E-state index contributed by atoms with van der Waals surface area (Å²) >= 11 is 0. The number of benzene rings is 1. The number of fused-ring (bicyclic) bond motifs is 1. The quantitative estimate of drug-likeness (QED) is 0.799. The van der Waals surface area contributed by atoms with Crippen LogP contribution >= 0.6 is 0 Å². The van der Waals surface area contributed by atoms with Gasteiger partial charge in [0.25, 0.3) is 0 Å². The highest BCUT2D eigenvalue weighted by atomic mass is 16.1. The van der Waals surface area contributed by atoms with Gasteiger partial charge in [-0.2, -0.15) is 0 Å². The van der Waals surface area contributed by atoms with Gasteiger partial charge in [0.2, 0.25) is 5.91 Å². The Kier molecular flexibility index (Phi) is 3.65. The molecule has 1 aromatic carbocycles. The van der Waals surface area contributed by atoms with Crippen LogP contribution in [0.3, 0.4) is 0 Å². The Bertz CT molecular complexity index is 507. The van der Waals surface area contributed by atoms with Gasteiger partial charge in [0.05, 0.1) is 0 Å². The van der Waals surface area contributed by atoms with E-state index in [0.717, 1.165) is 44.5 Å². The van der Waals surface area contributed by atoms with Gasteiger partial charge in [-0.3, -0.25) is 4.79 Å². The lowest BCUT2D eigenvalue weighted by Gasteiger charge is -2.22. The first kappa shape index (κ1) is 12.4. The number of anilines is 1. The van der Waals surface area contributed by atoms with Crippen LogP contribution in [0.15, 0.2) is 30.4 Å². The molecule has 0 radical (unpaired) electrons. The smallest absolute Gasteiger partial charge is 0.227 e. The lowest BCUT2D eigenvalue weighted by atomic mass is 9.93. The maximum Gasteiger partial charge on any atom is 0.227 e. The Labute approximate surface area is 114 Å². The van der Waals surface area contributed by atoms with E-state index in [1.807, 2.05) is 12.1 Å². The standard InChI is InChI=1S/C16H20N2O/c19-16(13-5-2-1-3-6-13)18-15-8-4-7-12-9-10-17-11-14(12)15/h1-2,4,7-8,13,17H,3,5-6,9-11H2,(H,18,19). The van der Waals surface area contributed by atoms with Gasteiger partial charge in [-0.1, -0.05) is 24.3 Å². The Morgan fingerprint density at radius 1 is 1.32 bits per heavy atom. The first-order valence-corrected chi connectivity index (χ1v) is 7.12. The van der Waals surface area contributed by atoms with Crippen molar-refractivity contribution in [2.75, 3.05) is 11.9 Å². The van der Waals surface area contributed by atoms with Gasteiger partial charge in [0.15, 0.2) is 0 Å². The summed E-state index contributed by atoms with van der Waals surface area (Å²) in [7, 11) is 0. The number of rotatable bonds is 2. The molecule has 1 aliphatic heterocycles. The molecule has 19 heavy (non-hydrogen) atoms. The molecule has 2 N–H and O–H groups in total. The molecule has 0 spiro atoms. The molecule has 0 aromatic heterocycles. The summed E-state index contributed by atoms with van der Waals surface area (Å²) in [6.45, 7) is 1.88. The monoisotopic (exact) mass is 256 g/mol. The maximum absolute atomic E-state index is 12.3. The first-order chi connectivity index (χ1) is 9.34. The van der Waals surface area contributed by atoms with Crippen molar-refractivity contribution in [2.45, 2.75) is 32.2 Å². The minimum Gasteiger partial charge on any atom is -0.326 e. The fourth-order valence-corrected chi connectivity index (χ4v) is 2.90. The third-order valence-corrected chi connectivity index (χ3v) is 4.04. The van der Waals surface area contributed by atoms with Crippen LogP contribution in [0, 0.1) is 5.92 Å². The maximum atomic E-state index is 12.3. The molecular formula is C16H20N2O. The van der Waals surface area contributed by atoms with Gasteiger partial charge in [-0.05, 0) is 49.4 Å². The molecule has 100 valence electrons. The average molecular weight is 256 g/mol. The number of nitrogens with one attached hydrogen (secondary N) is 2. The first-order valence-electron chi connectivity index (χ1n) is 7.12. The van der Waals surface area contributed by atoms with E-state index < -0.39 is 0 Å². The minimum absolute atomic E-state index is 0.136. The predicted octanol–water partition coefficient (Wildman–Crippen LogP) is 2.63. The molecule has 1 unspecified atom stereocenters. The molecule has 1 aliphatic carbocycles. The normalized spacial score (nSPS) is 21.8. The largest absolute Gasteiger partial charge is 0.326 e. The Morgan fingerprint density at radius 2 is 2.26 bits per heavy atom. The number of carbonyl (C=O) groups excluding carboxylic acids is 1. The van der Waals surface area contributed by atoms with Gasteiger partial charge in [0, 0.05) is 18.2 Å². The molecule has 1 aromatic rings. The van der Waals surface area contributed by atoms with Crippen LogP contribution in [0.5, 0.6) is 0 Å². The summed E-state index contributed by atoms with van der Waals surface area (Å²) < 4.78 is 0. The van der Waals surface area contributed by atoms with Crippen molar-refractivity contribution in [2.24, 2.45) is 5.92 Å². The zero-order valence-electron chi connectivity index (χ0n) is 11.1. The van der Waals surface area contributed by atoms with E-state index in [0.29, 0.717) is 0 Å². The summed E-state index contributed by atoms with van der Waals surface area (Å²) in [6.07, 6.45) is 8.19. The fourth-order valence-electron chi connectivity index (χ4n) is 2.90. The van der Waals surface area contributed by atoms with Crippen molar-refractivity contribution in [3.63, 3.8) is 0 Å². The van der Waals surface area contributed by atoms with Gasteiger partial charge in [-0.25, -0.2) is 0 Å². The zero-order valence-corrected chi connectivity index (χ0v) is 11.1. The summed E-state index contributed by atoms with van der Waals surface area (Å²) in [5, 5.41) is 6.50. The molecule has 1 amide bonds. The highest BCUT2D eigenvalue weighted by Crippen LogP contribution is 2.25. The van der Waals surface area contributed by atoms with Crippen LogP contribution in [0.2, 0.25) is 0 Å². The lowest BCUT2D eigenvalue weighted by Crippen LogP contribution is -2.28. The van der Waals surface area contributed by atoms with Crippen molar-refractivity contribution < 1.29 is 4.79 Å². The van der Waals surface area contributed by atoms with Crippen LogP contribution in [0.1, 0.15) is 30.4 Å². The molecule has 3 heteroatoms. The number of amides is 1. The topological polar surface area (TPSA) is 41.1 Å². The van der Waals surface area contributed by atoms with Crippen LogP contribution in [-0.2, 0) is 17.8 Å². The van der Waals surface area contributed by atoms with Crippen LogP contribution in [-0.4, -0.2) is 12.5 Å². The van der Waals surface area contributed by atoms with Gasteiger partial charge >= 0.3 is 0 Å². The van der Waals surface area contributed by atoms with E-state index in [2.05, 4.69) is 28.9 Å². The van der Waals surface area contributed by atoms with Crippen LogP contribution in [0.4, 0.5) is 5.69 Å². The second-order valence-electron chi connectivity index (χ2n) is 5.34. The Balaban J connectivity index is 1.76. The van der Waals surface area contributed by atoms with Gasteiger partial charge in [-0.15, -0.1) is 0 Å². The van der Waals surface area contributed by atoms with E-state index in [1.54, 1.807) is 0 Å². The van der Waals surface area contributed by atoms with Gasteiger partial charge < -0.3 is 10.6 Å². The van der Waals surface area contributed by atoms with Crippen molar-refractivity contribution in [3.8, 4) is 0 Å². The molecule has 2 aliphatic rings. The summed E-state index contributed by atoms with van der Waals surface area (Å²) in [5.41, 5.74) is 3.61. The van der Waals surface area contributed by atoms with Crippen molar-refractivity contribution in [1.82, 2.24) is 5.32 Å². The highest BCUT2D eigenvalue weighted by molar-refractivity contribution is 5.93. The molecule has 0 saturated heterocycles. The van der Waals surface area contributed by atoms with Crippen LogP contribution in [0.25, 0.3) is 0 Å². The summed E-state index contributed by atoms with van der Waals surface area (Å²) in [4.78, 5) is 12.3. The zero-order chi connectivity index (χ0) is 13.1. The average Bonchev–Trinajstić information content (AvgIpc) is 2.48. The fraction of sp³-hybridized carbons (Fsp3) is 0.438. The molecule has 3 rings (SSSR count). The predicted molar refractivity (Wildman–Crippen MR) is 77.0 cm³/mol. The van der Waals surface area contributed by atoms with E-state index in [4.69, 9.17) is 0 Å². The second kappa shape index (κ2) is 5.57. The van der Waals surface area contributed by atoms with Crippen molar-refractivity contribution in [3.05, 3.63) is 41.5 Å². The molecular weight excluding hydrogens is 236 g/mol. The van der Waals surface area contributed by atoms with Crippen LogP contribution < -0.4 is 10.6 Å². The van der Waals surface area contributed by atoms with E-state index in [9.17, 15) is 4.79 Å². The second-order valence-corrected chi connectivity index (χ2v) is 5.34. The number of hydrogen-bond acceptors (Lipinski definition) is 2. The summed E-state index contributed by atoms with van der Waals surface area (Å²) in [6, 6.07) is 6.22. The molecule has 1 atom stereocenters. The third kappa shape index (κ3) is 2.71. The number of allylic oxidation sites excluding steroid dienone is 2. The van der Waals surface area contributed by atoms with E-state index >= 15 is 0 Å². The number of hydrogen-bond donors (Lipinski definition) is 2. The lowest BCUT2D eigenvalue weighted by molar-refractivity contribution is -0.120.